The van der Waals surface area contributed by atoms with E-state index in [9.17, 15) is 14.4 Å². The molecule has 1 fully saturated rings. The molecule has 1 aromatic rings. The minimum Gasteiger partial charge on any atom is -0.466 e. The molecular weight excluding hydrogens is 224 g/mol. The van der Waals surface area contributed by atoms with Crippen LogP contribution < -0.4 is 5.32 Å². The van der Waals surface area contributed by atoms with Crippen LogP contribution in [0.2, 0.25) is 0 Å². The highest BCUT2D eigenvalue weighted by Gasteiger charge is 2.41. The van der Waals surface area contributed by atoms with E-state index in [2.05, 4.69) is 0 Å². The van der Waals surface area contributed by atoms with Crippen LogP contribution in [0.5, 0.6) is 0 Å². The second kappa shape index (κ2) is 3.73. The number of amides is 4. The Bertz CT molecular complexity index is 518. The molecule has 1 aliphatic rings. The van der Waals surface area contributed by atoms with Crippen LogP contribution in [0.25, 0.3) is 0 Å². The van der Waals surface area contributed by atoms with Crippen molar-refractivity contribution in [2.24, 2.45) is 0 Å². The van der Waals surface area contributed by atoms with Crippen molar-refractivity contribution in [3.05, 3.63) is 23.2 Å². The largest absolute Gasteiger partial charge is 0.466 e. The van der Waals surface area contributed by atoms with E-state index in [0.717, 1.165) is 10.5 Å². The summed E-state index contributed by atoms with van der Waals surface area (Å²) in [5, 5.41) is 1.96. The van der Waals surface area contributed by atoms with Gasteiger partial charge in [0.25, 0.3) is 0 Å². The average molecular weight is 236 g/mol. The van der Waals surface area contributed by atoms with Crippen molar-refractivity contribution in [1.29, 1.82) is 0 Å². The molecule has 0 saturated carbocycles. The number of imide groups is 2. The average Bonchev–Trinajstić information content (AvgIpc) is 2.68. The zero-order valence-electron chi connectivity index (χ0n) is 9.73. The van der Waals surface area contributed by atoms with E-state index >= 15 is 0 Å². The first-order chi connectivity index (χ1) is 7.91. The van der Waals surface area contributed by atoms with Crippen molar-refractivity contribution < 1.29 is 18.8 Å². The lowest BCUT2D eigenvalue weighted by Crippen LogP contribution is -2.33. The molecule has 6 heteroatoms. The summed E-state index contributed by atoms with van der Waals surface area (Å²) >= 11 is 0. The molecule has 1 unspecified atom stereocenters. The van der Waals surface area contributed by atoms with Crippen molar-refractivity contribution in [3.63, 3.8) is 0 Å². The third-order valence-corrected chi connectivity index (χ3v) is 2.77. The molecule has 0 spiro atoms. The maximum atomic E-state index is 11.5. The smallest absolute Gasteiger partial charge is 0.332 e. The van der Waals surface area contributed by atoms with Crippen LogP contribution in [-0.2, 0) is 9.59 Å². The SMILES string of the molecule is Cc1cc(C(C)N2C(=O)NC(=O)C2=O)c(C)o1. The van der Waals surface area contributed by atoms with Gasteiger partial charge >= 0.3 is 17.8 Å². The van der Waals surface area contributed by atoms with E-state index in [1.807, 2.05) is 5.32 Å². The van der Waals surface area contributed by atoms with E-state index in [1.165, 1.54) is 0 Å². The predicted molar refractivity (Wildman–Crippen MR) is 57.0 cm³/mol. The molecule has 1 aromatic heterocycles. The number of hydrogen-bond donors (Lipinski definition) is 1. The maximum Gasteiger partial charge on any atom is 0.332 e. The quantitative estimate of drug-likeness (QED) is 0.614. The first-order valence-electron chi connectivity index (χ1n) is 5.17. The van der Waals surface area contributed by atoms with Gasteiger partial charge in [0.1, 0.15) is 11.5 Å². The number of urea groups is 1. The van der Waals surface area contributed by atoms with Gasteiger partial charge in [0.2, 0.25) is 0 Å². The molecular formula is C11H12N2O4. The van der Waals surface area contributed by atoms with Gasteiger partial charge < -0.3 is 4.42 Å². The van der Waals surface area contributed by atoms with Crippen molar-refractivity contribution in [2.75, 3.05) is 0 Å². The van der Waals surface area contributed by atoms with Crippen LogP contribution in [0.15, 0.2) is 10.5 Å². The lowest BCUT2D eigenvalue weighted by Gasteiger charge is -2.19. The second-order valence-electron chi connectivity index (χ2n) is 3.98. The molecule has 2 rings (SSSR count). The lowest BCUT2D eigenvalue weighted by atomic mass is 10.1. The number of aryl methyl sites for hydroxylation is 2. The van der Waals surface area contributed by atoms with Crippen LogP contribution in [0, 0.1) is 13.8 Å². The van der Waals surface area contributed by atoms with Crippen molar-refractivity contribution in [1.82, 2.24) is 10.2 Å². The Morgan fingerprint density at radius 1 is 1.29 bits per heavy atom. The number of hydrogen-bond acceptors (Lipinski definition) is 4. The molecule has 6 nitrogen and oxygen atoms in total. The summed E-state index contributed by atoms with van der Waals surface area (Å²) in [4.78, 5) is 35.0. The molecule has 0 aliphatic carbocycles. The molecule has 90 valence electrons. The lowest BCUT2D eigenvalue weighted by molar-refractivity contribution is -0.141. The fourth-order valence-corrected chi connectivity index (χ4v) is 1.97. The highest BCUT2D eigenvalue weighted by molar-refractivity contribution is 6.44. The van der Waals surface area contributed by atoms with Crippen molar-refractivity contribution in [3.8, 4) is 0 Å². The fourth-order valence-electron chi connectivity index (χ4n) is 1.97. The van der Waals surface area contributed by atoms with Crippen LogP contribution in [-0.4, -0.2) is 22.7 Å². The standard InChI is InChI=1S/C11H12N2O4/c1-5-4-8(7(3)17-5)6(2)13-10(15)9(14)12-11(13)16/h4,6H,1-3H3,(H,12,14,16). The van der Waals surface area contributed by atoms with Gasteiger partial charge in [0, 0.05) is 5.56 Å². The summed E-state index contributed by atoms with van der Waals surface area (Å²) in [6.07, 6.45) is 0. The number of carbonyl (C=O) groups excluding carboxylic acids is 3. The Kier molecular flexibility index (Phi) is 2.49. The zero-order valence-corrected chi connectivity index (χ0v) is 9.73. The fraction of sp³-hybridized carbons (Fsp3) is 0.364. The highest BCUT2D eigenvalue weighted by atomic mass is 16.3. The van der Waals surface area contributed by atoms with Crippen molar-refractivity contribution >= 4 is 17.8 Å². The van der Waals surface area contributed by atoms with E-state index in [4.69, 9.17) is 4.42 Å². The summed E-state index contributed by atoms with van der Waals surface area (Å²) in [5.41, 5.74) is 0.723. The normalized spacial score (nSPS) is 17.6. The summed E-state index contributed by atoms with van der Waals surface area (Å²) in [6, 6.07) is 0.542. The third kappa shape index (κ3) is 1.71. The van der Waals surface area contributed by atoms with E-state index in [-0.39, 0.29) is 0 Å². The minimum atomic E-state index is -0.889. The van der Waals surface area contributed by atoms with Crippen LogP contribution in [0.4, 0.5) is 4.79 Å². The monoisotopic (exact) mass is 236 g/mol. The third-order valence-electron chi connectivity index (χ3n) is 2.77. The first kappa shape index (κ1) is 11.4. The number of rotatable bonds is 2. The molecule has 0 aromatic carbocycles. The van der Waals surface area contributed by atoms with Gasteiger partial charge in [0.05, 0.1) is 6.04 Å². The van der Waals surface area contributed by atoms with Crippen LogP contribution >= 0.6 is 0 Å². The summed E-state index contributed by atoms with van der Waals surface area (Å²) in [5.74, 6) is -0.391. The van der Waals surface area contributed by atoms with Crippen LogP contribution in [0.3, 0.4) is 0 Å². The number of carbonyl (C=O) groups is 3. The number of furan rings is 1. The molecule has 0 bridgehead atoms. The van der Waals surface area contributed by atoms with E-state index < -0.39 is 23.9 Å². The highest BCUT2D eigenvalue weighted by Crippen LogP contribution is 2.27. The Morgan fingerprint density at radius 2 is 1.94 bits per heavy atom. The molecule has 0 radical (unpaired) electrons. The molecule has 1 saturated heterocycles. The number of nitrogens with one attached hydrogen (secondary N) is 1. The Labute approximate surface area is 97.6 Å². The van der Waals surface area contributed by atoms with Gasteiger partial charge in [-0.15, -0.1) is 0 Å². The maximum absolute atomic E-state index is 11.5. The Balaban J connectivity index is 2.35. The number of nitrogens with zero attached hydrogens (tertiary/aromatic N) is 1. The summed E-state index contributed by atoms with van der Waals surface area (Å²) in [7, 11) is 0. The molecule has 4 amide bonds. The second-order valence-corrected chi connectivity index (χ2v) is 3.98. The molecule has 17 heavy (non-hydrogen) atoms. The molecule has 1 N–H and O–H groups in total. The Hall–Kier alpha value is -2.11. The first-order valence-corrected chi connectivity index (χ1v) is 5.17. The minimum absolute atomic E-state index is 0.522. The summed E-state index contributed by atoms with van der Waals surface area (Å²) < 4.78 is 5.34. The predicted octanol–water partition coefficient (Wildman–Crippen LogP) is 1.04. The van der Waals surface area contributed by atoms with E-state index in [1.54, 1.807) is 26.8 Å². The van der Waals surface area contributed by atoms with Gasteiger partial charge in [-0.1, -0.05) is 0 Å². The van der Waals surface area contributed by atoms with Gasteiger partial charge in [-0.25, -0.2) is 9.69 Å². The van der Waals surface area contributed by atoms with Gasteiger partial charge in [-0.05, 0) is 26.8 Å². The zero-order chi connectivity index (χ0) is 12.7. The molecule has 1 atom stereocenters. The van der Waals surface area contributed by atoms with Gasteiger partial charge in [0.15, 0.2) is 0 Å². The summed E-state index contributed by atoms with van der Waals surface area (Å²) in [6.45, 7) is 5.20. The molecule has 2 heterocycles. The van der Waals surface area contributed by atoms with Gasteiger partial charge in [-0.2, -0.15) is 0 Å². The van der Waals surface area contributed by atoms with Crippen LogP contribution in [0.1, 0.15) is 30.0 Å². The topological polar surface area (TPSA) is 79.6 Å². The molecule has 1 aliphatic heterocycles. The van der Waals surface area contributed by atoms with Gasteiger partial charge in [-0.3, -0.25) is 14.9 Å². The van der Waals surface area contributed by atoms with E-state index in [0.29, 0.717) is 11.5 Å². The Morgan fingerprint density at radius 3 is 2.35 bits per heavy atom. The van der Waals surface area contributed by atoms with Crippen molar-refractivity contribution in [2.45, 2.75) is 26.8 Å².